The molecule has 5 heteroatoms. The Hall–Kier alpha value is -3.05. The molecule has 4 aromatic rings. The lowest BCUT2D eigenvalue weighted by atomic mass is 9.98. The van der Waals surface area contributed by atoms with Crippen molar-refractivity contribution in [2.45, 2.75) is 33.3 Å². The van der Waals surface area contributed by atoms with Gasteiger partial charge in [-0.15, -0.1) is 0 Å². The molecule has 0 radical (unpaired) electrons. The molecule has 0 spiro atoms. The summed E-state index contributed by atoms with van der Waals surface area (Å²) >= 11 is 0. The van der Waals surface area contributed by atoms with Crippen LogP contribution < -0.4 is 11.3 Å². The van der Waals surface area contributed by atoms with Gasteiger partial charge in [0.2, 0.25) is 0 Å². The summed E-state index contributed by atoms with van der Waals surface area (Å²) in [4.78, 5) is 15.7. The van der Waals surface area contributed by atoms with Crippen molar-refractivity contribution in [2.24, 2.45) is 0 Å². The maximum Gasteiger partial charge on any atom is 0.272 e. The Morgan fingerprint density at radius 3 is 2.52 bits per heavy atom. The highest BCUT2D eigenvalue weighted by molar-refractivity contribution is 5.86. The summed E-state index contributed by atoms with van der Waals surface area (Å²) in [6.45, 7) is 7.45. The normalized spacial score (nSPS) is 12.2. The van der Waals surface area contributed by atoms with Crippen LogP contribution in [0.2, 0.25) is 0 Å². The zero-order chi connectivity index (χ0) is 19.5. The lowest BCUT2D eigenvalue weighted by molar-refractivity contribution is 0.0787. The second-order valence-electron chi connectivity index (χ2n) is 7.66. The van der Waals surface area contributed by atoms with E-state index in [1.54, 1.807) is 13.8 Å². The number of hydrogen-bond acceptors (Lipinski definition) is 3. The molecule has 138 valence electrons. The first-order valence-corrected chi connectivity index (χ1v) is 8.95. The van der Waals surface area contributed by atoms with Crippen molar-refractivity contribution >= 4 is 22.2 Å². The maximum atomic E-state index is 12.7. The monoisotopic (exact) mass is 361 g/mol. The van der Waals surface area contributed by atoms with Crippen LogP contribution in [0.3, 0.4) is 0 Å². The zero-order valence-corrected chi connectivity index (χ0v) is 15.9. The number of nitrogens with two attached hydrogens (primary N) is 1. The fraction of sp³-hybridized carbons (Fsp3) is 0.227. The van der Waals surface area contributed by atoms with Crippen molar-refractivity contribution in [3.05, 3.63) is 69.5 Å². The van der Waals surface area contributed by atoms with Gasteiger partial charge >= 0.3 is 0 Å². The van der Waals surface area contributed by atoms with Crippen LogP contribution in [0, 0.1) is 13.8 Å². The molecule has 0 bridgehead atoms. The number of hydrogen-bond donors (Lipinski definition) is 3. The van der Waals surface area contributed by atoms with Crippen molar-refractivity contribution in [1.82, 2.24) is 9.38 Å². The van der Waals surface area contributed by atoms with Gasteiger partial charge in [-0.05, 0) is 68.7 Å². The third-order valence-electron chi connectivity index (χ3n) is 5.25. The number of H-pyrrole nitrogens is 1. The van der Waals surface area contributed by atoms with Gasteiger partial charge in [0.1, 0.15) is 5.52 Å². The molecule has 0 aliphatic carbocycles. The van der Waals surface area contributed by atoms with E-state index in [2.05, 4.69) is 4.98 Å². The number of nitrogens with zero attached hydrogens (tertiary/aromatic N) is 1. The first-order chi connectivity index (χ1) is 12.7. The molecule has 0 fully saturated rings. The molecule has 2 aromatic heterocycles. The number of fused-ring (bicyclic) bond motifs is 3. The molecule has 4 rings (SSSR count). The smallest absolute Gasteiger partial charge is 0.272 e. The quantitative estimate of drug-likeness (QED) is 0.474. The van der Waals surface area contributed by atoms with E-state index in [0.717, 1.165) is 39.2 Å². The van der Waals surface area contributed by atoms with E-state index in [-0.39, 0.29) is 5.56 Å². The molecule has 2 aromatic carbocycles. The predicted molar refractivity (Wildman–Crippen MR) is 110 cm³/mol. The number of nitrogens with one attached hydrogen (secondary N) is 1. The third kappa shape index (κ3) is 2.62. The number of anilines is 1. The SMILES string of the molecule is Cc1cc2c(=O)[nH]c3cc(C(C)(C)O)ccc3n2c1-c1cccc(N)c1C. The Kier molecular flexibility index (Phi) is 3.68. The Labute approximate surface area is 157 Å². The molecular formula is C22H23N3O2. The van der Waals surface area contributed by atoms with Gasteiger partial charge in [0.25, 0.3) is 5.56 Å². The van der Waals surface area contributed by atoms with E-state index >= 15 is 0 Å². The highest BCUT2D eigenvalue weighted by Crippen LogP contribution is 2.33. The molecule has 0 saturated heterocycles. The van der Waals surface area contributed by atoms with Crippen molar-refractivity contribution in [2.75, 3.05) is 5.73 Å². The Bertz CT molecular complexity index is 1260. The molecule has 5 nitrogen and oxygen atoms in total. The Morgan fingerprint density at radius 2 is 1.81 bits per heavy atom. The number of aryl methyl sites for hydroxylation is 1. The summed E-state index contributed by atoms with van der Waals surface area (Å²) in [6, 6.07) is 13.4. The lowest BCUT2D eigenvalue weighted by Gasteiger charge is -2.19. The molecule has 0 aliphatic heterocycles. The largest absolute Gasteiger partial charge is 0.398 e. The second-order valence-corrected chi connectivity index (χ2v) is 7.66. The fourth-order valence-corrected chi connectivity index (χ4v) is 3.69. The molecule has 0 atom stereocenters. The Morgan fingerprint density at radius 1 is 1.07 bits per heavy atom. The van der Waals surface area contributed by atoms with Gasteiger partial charge in [0.15, 0.2) is 0 Å². The minimum absolute atomic E-state index is 0.161. The number of benzene rings is 2. The van der Waals surface area contributed by atoms with E-state index < -0.39 is 5.60 Å². The first-order valence-electron chi connectivity index (χ1n) is 8.95. The second kappa shape index (κ2) is 5.72. The van der Waals surface area contributed by atoms with Gasteiger partial charge in [-0.2, -0.15) is 0 Å². The predicted octanol–water partition coefficient (Wildman–Crippen LogP) is 3.87. The number of aliphatic hydroxyl groups is 1. The number of rotatable bonds is 2. The summed E-state index contributed by atoms with van der Waals surface area (Å²) in [6.07, 6.45) is 0. The fourth-order valence-electron chi connectivity index (χ4n) is 3.69. The van der Waals surface area contributed by atoms with Gasteiger partial charge in [0, 0.05) is 11.3 Å². The van der Waals surface area contributed by atoms with Gasteiger partial charge < -0.3 is 20.2 Å². The maximum absolute atomic E-state index is 12.7. The number of nitrogen functional groups attached to an aromatic ring is 1. The Balaban J connectivity index is 2.16. The van der Waals surface area contributed by atoms with Crippen LogP contribution in [0.25, 0.3) is 27.8 Å². The lowest BCUT2D eigenvalue weighted by Crippen LogP contribution is -2.16. The van der Waals surface area contributed by atoms with Crippen LogP contribution in [-0.4, -0.2) is 14.5 Å². The first kappa shape index (κ1) is 17.4. The van der Waals surface area contributed by atoms with Crippen LogP contribution in [0.4, 0.5) is 5.69 Å². The summed E-state index contributed by atoms with van der Waals surface area (Å²) in [5, 5.41) is 10.3. The highest BCUT2D eigenvalue weighted by atomic mass is 16.3. The summed E-state index contributed by atoms with van der Waals surface area (Å²) < 4.78 is 1.99. The van der Waals surface area contributed by atoms with Crippen LogP contribution in [0.5, 0.6) is 0 Å². The topological polar surface area (TPSA) is 83.5 Å². The summed E-state index contributed by atoms with van der Waals surface area (Å²) in [5.41, 5.74) is 12.6. The molecule has 27 heavy (non-hydrogen) atoms. The van der Waals surface area contributed by atoms with E-state index in [9.17, 15) is 9.90 Å². The molecule has 4 N–H and O–H groups in total. The summed E-state index contributed by atoms with van der Waals surface area (Å²) in [7, 11) is 0. The average molecular weight is 361 g/mol. The number of aromatic nitrogens is 2. The average Bonchev–Trinajstić information content (AvgIpc) is 2.94. The van der Waals surface area contributed by atoms with Crippen LogP contribution in [0.1, 0.15) is 30.5 Å². The molecule has 2 heterocycles. The van der Waals surface area contributed by atoms with Crippen molar-refractivity contribution < 1.29 is 5.11 Å². The van der Waals surface area contributed by atoms with E-state index in [1.807, 2.05) is 60.7 Å². The van der Waals surface area contributed by atoms with Gasteiger partial charge in [-0.25, -0.2) is 0 Å². The standard InChI is InChI=1S/C22H23N3O2/c1-12-10-19-21(26)24-17-11-14(22(3,4)27)8-9-18(17)25(19)20(12)15-6-5-7-16(23)13(15)2/h5-11,27H,23H2,1-4H3,(H,24,26). The van der Waals surface area contributed by atoms with Crippen LogP contribution in [0.15, 0.2) is 47.3 Å². The molecule has 0 amide bonds. The van der Waals surface area contributed by atoms with Gasteiger partial charge in [0.05, 0.1) is 22.3 Å². The van der Waals surface area contributed by atoms with Gasteiger partial charge in [-0.1, -0.05) is 18.2 Å². The van der Waals surface area contributed by atoms with Crippen LogP contribution >= 0.6 is 0 Å². The third-order valence-corrected chi connectivity index (χ3v) is 5.25. The molecule has 0 unspecified atom stereocenters. The van der Waals surface area contributed by atoms with Crippen LogP contribution in [-0.2, 0) is 5.60 Å². The van der Waals surface area contributed by atoms with Crippen molar-refractivity contribution in [3.8, 4) is 11.3 Å². The molecular weight excluding hydrogens is 338 g/mol. The molecule has 0 aliphatic rings. The van der Waals surface area contributed by atoms with E-state index in [1.165, 1.54) is 0 Å². The summed E-state index contributed by atoms with van der Waals surface area (Å²) in [5.74, 6) is 0. The molecule has 0 saturated carbocycles. The number of aromatic amines is 1. The minimum atomic E-state index is -0.986. The minimum Gasteiger partial charge on any atom is -0.398 e. The van der Waals surface area contributed by atoms with Crippen molar-refractivity contribution in [1.29, 1.82) is 0 Å². The highest BCUT2D eigenvalue weighted by Gasteiger charge is 2.20. The van der Waals surface area contributed by atoms with Gasteiger partial charge in [-0.3, -0.25) is 4.79 Å². The zero-order valence-electron chi connectivity index (χ0n) is 15.9. The van der Waals surface area contributed by atoms with E-state index in [0.29, 0.717) is 11.0 Å². The van der Waals surface area contributed by atoms with E-state index in [4.69, 9.17) is 5.73 Å². The van der Waals surface area contributed by atoms with Crippen molar-refractivity contribution in [3.63, 3.8) is 0 Å².